The van der Waals surface area contributed by atoms with Gasteiger partial charge in [0.25, 0.3) is 0 Å². The number of amides is 2. The molecule has 0 bridgehead atoms. The van der Waals surface area contributed by atoms with Gasteiger partial charge in [0.2, 0.25) is 29.0 Å². The van der Waals surface area contributed by atoms with E-state index < -0.39 is 58.7 Å². The van der Waals surface area contributed by atoms with Gasteiger partial charge in [0, 0.05) is 11.1 Å². The van der Waals surface area contributed by atoms with Crippen molar-refractivity contribution in [1.29, 1.82) is 0 Å². The monoisotopic (exact) mass is 505 g/mol. The number of fused-ring (bicyclic) bond motifs is 3. The topological polar surface area (TPSA) is 80.8 Å². The van der Waals surface area contributed by atoms with Crippen molar-refractivity contribution in [2.24, 2.45) is 11.8 Å². The van der Waals surface area contributed by atoms with Crippen LogP contribution in [0.4, 0.5) is 18.9 Å². The van der Waals surface area contributed by atoms with Crippen molar-refractivity contribution >= 4 is 29.1 Å². The van der Waals surface area contributed by atoms with Crippen molar-refractivity contribution in [3.05, 3.63) is 101 Å². The molecule has 0 unspecified atom stereocenters. The van der Waals surface area contributed by atoms with E-state index in [0.29, 0.717) is 5.56 Å². The van der Waals surface area contributed by atoms with Crippen molar-refractivity contribution < 1.29 is 37.1 Å². The molecule has 9 heteroatoms. The summed E-state index contributed by atoms with van der Waals surface area (Å²) in [7, 11) is 0. The lowest BCUT2D eigenvalue weighted by Gasteiger charge is -2.27. The zero-order valence-corrected chi connectivity index (χ0v) is 19.3. The van der Waals surface area contributed by atoms with Crippen LogP contribution in [0.2, 0.25) is 0 Å². The van der Waals surface area contributed by atoms with Crippen molar-refractivity contribution in [3.8, 4) is 0 Å². The molecule has 186 valence electrons. The number of aryl methyl sites for hydroxylation is 1. The number of Topliss-reactive ketones (excluding diaryl/α,β-unsaturated/α-hetero) is 2. The van der Waals surface area contributed by atoms with Crippen LogP contribution >= 0.6 is 0 Å². The summed E-state index contributed by atoms with van der Waals surface area (Å²) in [6.07, 6.45) is -5.69. The summed E-state index contributed by atoms with van der Waals surface area (Å²) in [6, 6.07) is 16.7. The number of rotatable bonds is 2. The molecule has 3 aromatic carbocycles. The molecular formula is C28H18F3NO5. The van der Waals surface area contributed by atoms with Crippen LogP contribution in [0.5, 0.6) is 0 Å². The summed E-state index contributed by atoms with van der Waals surface area (Å²) in [5, 5.41) is 0. The van der Waals surface area contributed by atoms with E-state index in [-0.39, 0.29) is 16.8 Å². The summed E-state index contributed by atoms with van der Waals surface area (Å²) in [6.45, 7) is 1.78. The maximum Gasteiger partial charge on any atom is 0.416 e. The van der Waals surface area contributed by atoms with Crippen LogP contribution in [-0.2, 0) is 20.5 Å². The molecule has 6 rings (SSSR count). The number of alkyl halides is 3. The van der Waals surface area contributed by atoms with E-state index in [0.717, 1.165) is 34.7 Å². The number of imide groups is 1. The van der Waals surface area contributed by atoms with E-state index >= 15 is 0 Å². The maximum absolute atomic E-state index is 13.8. The Morgan fingerprint density at radius 2 is 1.35 bits per heavy atom. The first kappa shape index (κ1) is 23.3. The Bertz CT molecular complexity index is 1480. The van der Waals surface area contributed by atoms with Crippen LogP contribution in [0, 0.1) is 18.8 Å². The van der Waals surface area contributed by atoms with E-state index in [2.05, 4.69) is 0 Å². The fourth-order valence-electron chi connectivity index (χ4n) is 5.76. The molecule has 2 aliphatic heterocycles. The summed E-state index contributed by atoms with van der Waals surface area (Å²) in [5.74, 6) is -5.70. The van der Waals surface area contributed by atoms with Gasteiger partial charge < -0.3 is 4.74 Å². The molecule has 37 heavy (non-hydrogen) atoms. The quantitative estimate of drug-likeness (QED) is 0.372. The molecule has 0 aromatic heterocycles. The number of nitrogens with zero attached hydrogens (tertiary/aromatic N) is 1. The number of ether oxygens (including phenoxy) is 1. The zero-order valence-electron chi connectivity index (χ0n) is 19.3. The molecule has 6 nitrogen and oxygen atoms in total. The number of anilines is 1. The van der Waals surface area contributed by atoms with E-state index in [1.54, 1.807) is 43.3 Å². The summed E-state index contributed by atoms with van der Waals surface area (Å²) < 4.78 is 45.5. The van der Waals surface area contributed by atoms with E-state index in [1.807, 2.05) is 0 Å². The molecular weight excluding hydrogens is 487 g/mol. The van der Waals surface area contributed by atoms with Crippen molar-refractivity contribution in [3.63, 3.8) is 0 Å². The molecule has 2 fully saturated rings. The Labute approximate surface area is 208 Å². The Balaban J connectivity index is 1.51. The summed E-state index contributed by atoms with van der Waals surface area (Å²) in [5.41, 5.74) is -1.78. The first-order valence-corrected chi connectivity index (χ1v) is 11.5. The van der Waals surface area contributed by atoms with Crippen LogP contribution in [0.15, 0.2) is 72.8 Å². The van der Waals surface area contributed by atoms with Gasteiger partial charge in [-0.25, -0.2) is 4.90 Å². The number of carbonyl (C=O) groups is 4. The predicted octanol–water partition coefficient (Wildman–Crippen LogP) is 4.71. The van der Waals surface area contributed by atoms with Gasteiger partial charge in [-0.15, -0.1) is 0 Å². The van der Waals surface area contributed by atoms with Crippen molar-refractivity contribution in [2.45, 2.75) is 24.8 Å². The van der Waals surface area contributed by atoms with E-state index in [4.69, 9.17) is 4.74 Å². The molecule has 2 saturated heterocycles. The van der Waals surface area contributed by atoms with Crippen LogP contribution in [0.1, 0.15) is 43.5 Å². The van der Waals surface area contributed by atoms with Crippen LogP contribution in [-0.4, -0.2) is 29.0 Å². The second-order valence-corrected chi connectivity index (χ2v) is 9.39. The first-order valence-electron chi connectivity index (χ1n) is 11.5. The molecule has 2 amide bonds. The van der Waals surface area contributed by atoms with Gasteiger partial charge in [-0.05, 0) is 42.3 Å². The molecule has 0 saturated carbocycles. The van der Waals surface area contributed by atoms with Crippen molar-refractivity contribution in [1.82, 2.24) is 0 Å². The molecule has 3 atom stereocenters. The molecule has 3 aliphatic rings. The third kappa shape index (κ3) is 3.03. The minimum absolute atomic E-state index is 0.0773. The normalized spacial score (nSPS) is 24.2. The van der Waals surface area contributed by atoms with E-state index in [1.165, 1.54) is 12.1 Å². The van der Waals surface area contributed by atoms with Gasteiger partial charge >= 0.3 is 6.18 Å². The highest BCUT2D eigenvalue weighted by molar-refractivity contribution is 6.37. The Kier molecular flexibility index (Phi) is 4.84. The average Bonchev–Trinajstić information content (AvgIpc) is 3.44. The largest absolute Gasteiger partial charge is 0.416 e. The number of halogens is 3. The number of benzene rings is 3. The van der Waals surface area contributed by atoms with Gasteiger partial charge in [0.05, 0.1) is 29.2 Å². The first-order chi connectivity index (χ1) is 17.6. The number of hydrogen-bond acceptors (Lipinski definition) is 5. The summed E-state index contributed by atoms with van der Waals surface area (Å²) in [4.78, 5) is 55.9. The third-order valence-corrected chi connectivity index (χ3v) is 7.47. The zero-order chi connectivity index (χ0) is 26.3. The van der Waals surface area contributed by atoms with Gasteiger partial charge in [0.15, 0.2) is 0 Å². The molecule has 2 heterocycles. The highest BCUT2D eigenvalue weighted by atomic mass is 19.4. The second kappa shape index (κ2) is 7.69. The number of carbonyl (C=O) groups excluding carboxylic acids is 4. The van der Waals surface area contributed by atoms with E-state index in [9.17, 15) is 32.3 Å². The van der Waals surface area contributed by atoms with Gasteiger partial charge in [0.1, 0.15) is 0 Å². The number of ketones is 2. The lowest BCUT2D eigenvalue weighted by molar-refractivity contribution is -0.137. The molecule has 0 radical (unpaired) electrons. The fourth-order valence-corrected chi connectivity index (χ4v) is 5.76. The van der Waals surface area contributed by atoms with Crippen LogP contribution in [0.25, 0.3) is 0 Å². The van der Waals surface area contributed by atoms with Gasteiger partial charge in [-0.2, -0.15) is 13.2 Å². The molecule has 0 N–H and O–H groups in total. The second-order valence-electron chi connectivity index (χ2n) is 9.39. The molecule has 3 aromatic rings. The lowest BCUT2D eigenvalue weighted by Crippen LogP contribution is -2.51. The van der Waals surface area contributed by atoms with Gasteiger partial charge in [-0.1, -0.05) is 48.5 Å². The standard InChI is InChI=1S/C28H18F3NO5/c1-14-6-2-3-7-17(14)22-20-21(27(37-22)23(33)18-8-4-5-9-19(18)24(27)34)26(36)32(25(20)35)16-12-10-15(11-13-16)28(29,30)31/h2-13,20-22H,1H3/t20-,21-,22-/m0/s1. The number of hydrogen-bond donors (Lipinski definition) is 0. The minimum Gasteiger partial charge on any atom is -0.349 e. The van der Waals surface area contributed by atoms with Gasteiger partial charge in [-0.3, -0.25) is 19.2 Å². The Hall–Kier alpha value is -4.11. The maximum atomic E-state index is 13.8. The Morgan fingerprint density at radius 3 is 1.92 bits per heavy atom. The Morgan fingerprint density at radius 1 is 0.784 bits per heavy atom. The predicted molar refractivity (Wildman–Crippen MR) is 124 cm³/mol. The average molecular weight is 505 g/mol. The van der Waals surface area contributed by atoms with Crippen LogP contribution < -0.4 is 4.90 Å². The highest BCUT2D eigenvalue weighted by Gasteiger charge is 2.74. The molecule has 1 spiro atoms. The molecule has 1 aliphatic carbocycles. The highest BCUT2D eigenvalue weighted by Crippen LogP contribution is 2.58. The smallest absolute Gasteiger partial charge is 0.349 e. The third-order valence-electron chi connectivity index (χ3n) is 7.47. The van der Waals surface area contributed by atoms with Crippen LogP contribution in [0.3, 0.4) is 0 Å². The summed E-state index contributed by atoms with van der Waals surface area (Å²) >= 11 is 0. The van der Waals surface area contributed by atoms with Crippen molar-refractivity contribution in [2.75, 3.05) is 4.90 Å². The fraction of sp³-hybridized carbons (Fsp3) is 0.214. The lowest BCUT2D eigenvalue weighted by atomic mass is 9.77. The minimum atomic E-state index is -4.60. The SMILES string of the molecule is Cc1ccccc1[C@@H]1OC2(C(=O)c3ccccc3C2=O)[C@@H]2C(=O)N(c3ccc(C(F)(F)F)cc3)C(=O)[C@@H]21.